The van der Waals surface area contributed by atoms with Crippen LogP contribution in [-0.4, -0.2) is 16.6 Å². The van der Waals surface area contributed by atoms with Gasteiger partial charge in [-0.15, -0.1) is 0 Å². The van der Waals surface area contributed by atoms with Crippen LogP contribution in [0.1, 0.15) is 47.1 Å². The lowest BCUT2D eigenvalue weighted by molar-refractivity contribution is -0.155. The van der Waals surface area contributed by atoms with Gasteiger partial charge in [-0.25, -0.2) is 0 Å². The number of thiocarbonyl (C=S) groups is 1. The molecule has 23 heavy (non-hydrogen) atoms. The Morgan fingerprint density at radius 1 is 1.17 bits per heavy atom. The van der Waals surface area contributed by atoms with Crippen LogP contribution in [-0.2, 0) is 14.9 Å². The summed E-state index contributed by atoms with van der Waals surface area (Å²) in [6.07, 6.45) is 0. The summed E-state index contributed by atoms with van der Waals surface area (Å²) in [5, 5.41) is 12.2. The van der Waals surface area contributed by atoms with E-state index in [2.05, 4.69) is 26.1 Å². The largest absolute Gasteiger partial charge is 0.459 e. The smallest absolute Gasteiger partial charge is 0.330 e. The van der Waals surface area contributed by atoms with E-state index in [9.17, 15) is 10.1 Å². The average molecular weight is 332 g/mol. The highest BCUT2D eigenvalue weighted by molar-refractivity contribution is 7.80. The Morgan fingerprint density at radius 3 is 2.09 bits per heavy atom. The molecule has 4 nitrogen and oxygen atoms in total. The Morgan fingerprint density at radius 2 is 1.70 bits per heavy atom. The lowest BCUT2D eigenvalue weighted by Crippen LogP contribution is -2.34. The van der Waals surface area contributed by atoms with E-state index in [1.807, 2.05) is 30.3 Å². The van der Waals surface area contributed by atoms with Gasteiger partial charge < -0.3 is 10.1 Å². The van der Waals surface area contributed by atoms with Gasteiger partial charge in [0, 0.05) is 5.69 Å². The van der Waals surface area contributed by atoms with Crippen LogP contribution < -0.4 is 5.32 Å². The van der Waals surface area contributed by atoms with E-state index < -0.39 is 17.5 Å². The number of hydrogen-bond acceptors (Lipinski definition) is 4. The molecule has 1 unspecified atom stereocenters. The Bertz CT molecular complexity index is 616. The number of esters is 1. The summed E-state index contributed by atoms with van der Waals surface area (Å²) >= 11 is 5.19. The first-order valence-corrected chi connectivity index (χ1v) is 7.89. The molecule has 0 aliphatic carbocycles. The molecule has 0 fully saturated rings. The number of carbonyl (C=O) groups is 1. The lowest BCUT2D eigenvalue weighted by atomic mass is 9.87. The lowest BCUT2D eigenvalue weighted by Gasteiger charge is -2.22. The van der Waals surface area contributed by atoms with Gasteiger partial charge in [-0.2, -0.15) is 5.26 Å². The number of anilines is 1. The molecule has 0 aromatic heterocycles. The first kappa shape index (κ1) is 19.1. The molecule has 1 rings (SSSR count). The van der Waals surface area contributed by atoms with Crippen molar-refractivity contribution in [2.75, 3.05) is 5.32 Å². The average Bonchev–Trinajstić information content (AvgIpc) is 2.36. The Hall–Kier alpha value is -1.93. The summed E-state index contributed by atoms with van der Waals surface area (Å²) in [7, 11) is 0. The third kappa shape index (κ3) is 5.99. The van der Waals surface area contributed by atoms with Crippen molar-refractivity contribution >= 4 is 28.9 Å². The standard InChI is InChI=1S/C18H24N2O2S/c1-17(2,3)12-7-9-13(10-8-12)20-15(23)14(11-19)16(21)22-18(4,5)6/h7-10,14H,1-6H3,(H,20,23). The van der Waals surface area contributed by atoms with Crippen LogP contribution in [0.3, 0.4) is 0 Å². The normalized spacial score (nSPS) is 12.9. The second-order valence-electron chi connectivity index (χ2n) is 7.41. The first-order valence-electron chi connectivity index (χ1n) is 7.48. The minimum Gasteiger partial charge on any atom is -0.459 e. The van der Waals surface area contributed by atoms with Crippen molar-refractivity contribution in [3.8, 4) is 6.07 Å². The summed E-state index contributed by atoms with van der Waals surface area (Å²) in [4.78, 5) is 12.2. The van der Waals surface area contributed by atoms with E-state index in [1.165, 1.54) is 5.56 Å². The second kappa shape index (κ2) is 7.10. The van der Waals surface area contributed by atoms with E-state index in [4.69, 9.17) is 17.0 Å². The van der Waals surface area contributed by atoms with Gasteiger partial charge in [0.15, 0.2) is 5.92 Å². The van der Waals surface area contributed by atoms with E-state index in [0.717, 1.165) is 5.69 Å². The van der Waals surface area contributed by atoms with E-state index in [1.54, 1.807) is 20.8 Å². The number of carbonyl (C=O) groups excluding carboxylic acids is 1. The third-order valence-corrected chi connectivity index (χ3v) is 3.39. The van der Waals surface area contributed by atoms with Gasteiger partial charge >= 0.3 is 5.97 Å². The van der Waals surface area contributed by atoms with E-state index in [0.29, 0.717) is 0 Å². The molecular formula is C18H24N2O2S. The zero-order chi connectivity index (χ0) is 17.8. The molecule has 0 amide bonds. The number of nitriles is 1. The molecule has 0 aliphatic heterocycles. The van der Waals surface area contributed by atoms with Crippen molar-refractivity contribution in [2.45, 2.75) is 52.6 Å². The maximum absolute atomic E-state index is 12.0. The molecule has 1 aromatic carbocycles. The molecule has 0 aliphatic rings. The summed E-state index contributed by atoms with van der Waals surface area (Å²) in [6, 6.07) is 9.67. The molecule has 0 saturated heterocycles. The summed E-state index contributed by atoms with van der Waals surface area (Å²) in [5.41, 5.74) is 1.34. The molecule has 1 aromatic rings. The van der Waals surface area contributed by atoms with E-state index in [-0.39, 0.29) is 10.4 Å². The molecule has 124 valence electrons. The summed E-state index contributed by atoms with van der Waals surface area (Å²) in [5.74, 6) is -1.75. The predicted octanol–water partition coefficient (Wildman–Crippen LogP) is 4.20. The van der Waals surface area contributed by atoms with Gasteiger partial charge in [-0.1, -0.05) is 45.1 Å². The highest BCUT2D eigenvalue weighted by Crippen LogP contribution is 2.24. The number of benzene rings is 1. The fourth-order valence-corrected chi connectivity index (χ4v) is 2.11. The summed E-state index contributed by atoms with van der Waals surface area (Å²) < 4.78 is 5.22. The number of rotatable bonds is 3. The van der Waals surface area contributed by atoms with Gasteiger partial charge in [0.05, 0.1) is 6.07 Å². The monoisotopic (exact) mass is 332 g/mol. The minimum absolute atomic E-state index is 0.0603. The zero-order valence-electron chi connectivity index (χ0n) is 14.6. The van der Waals surface area contributed by atoms with Gasteiger partial charge in [0.2, 0.25) is 0 Å². The fourth-order valence-electron chi connectivity index (χ4n) is 1.85. The Kier molecular flexibility index (Phi) is 5.90. The first-order chi connectivity index (χ1) is 10.4. The van der Waals surface area contributed by atoms with Crippen molar-refractivity contribution in [3.63, 3.8) is 0 Å². The Balaban J connectivity index is 2.81. The van der Waals surface area contributed by atoms with Gasteiger partial charge in [-0.3, -0.25) is 4.79 Å². The van der Waals surface area contributed by atoms with Gasteiger partial charge in [0.1, 0.15) is 10.6 Å². The number of ether oxygens (including phenoxy) is 1. The SMILES string of the molecule is CC(C)(C)OC(=O)C(C#N)C(=S)Nc1ccc(C(C)(C)C)cc1. The maximum atomic E-state index is 12.0. The van der Waals surface area contributed by atoms with Crippen LogP contribution >= 0.6 is 12.2 Å². The number of nitrogens with zero attached hydrogens (tertiary/aromatic N) is 1. The highest BCUT2D eigenvalue weighted by atomic mass is 32.1. The van der Waals surface area contributed by atoms with Crippen LogP contribution in [0.2, 0.25) is 0 Å². The molecule has 0 heterocycles. The molecule has 0 saturated carbocycles. The van der Waals surface area contributed by atoms with E-state index >= 15 is 0 Å². The molecule has 5 heteroatoms. The number of nitrogens with one attached hydrogen (secondary N) is 1. The summed E-state index contributed by atoms with van der Waals surface area (Å²) in [6.45, 7) is 11.7. The second-order valence-corrected chi connectivity index (χ2v) is 7.85. The van der Waals surface area contributed by atoms with Crippen LogP contribution in [0.15, 0.2) is 24.3 Å². The fraction of sp³-hybridized carbons (Fsp3) is 0.500. The quantitative estimate of drug-likeness (QED) is 0.664. The highest BCUT2D eigenvalue weighted by Gasteiger charge is 2.28. The molecular weight excluding hydrogens is 308 g/mol. The van der Waals surface area contributed by atoms with Crippen molar-refractivity contribution < 1.29 is 9.53 Å². The van der Waals surface area contributed by atoms with Crippen molar-refractivity contribution in [2.24, 2.45) is 5.92 Å². The molecule has 0 radical (unpaired) electrons. The van der Waals surface area contributed by atoms with Crippen LogP contribution in [0, 0.1) is 17.2 Å². The van der Waals surface area contributed by atoms with Crippen LogP contribution in [0.4, 0.5) is 5.69 Å². The van der Waals surface area contributed by atoms with Crippen molar-refractivity contribution in [1.82, 2.24) is 0 Å². The topological polar surface area (TPSA) is 62.1 Å². The molecule has 1 N–H and O–H groups in total. The minimum atomic E-state index is -1.12. The maximum Gasteiger partial charge on any atom is 0.330 e. The van der Waals surface area contributed by atoms with Crippen LogP contribution in [0.5, 0.6) is 0 Å². The molecule has 0 bridgehead atoms. The Labute approximate surface area is 143 Å². The van der Waals surface area contributed by atoms with Gasteiger partial charge in [-0.05, 0) is 43.9 Å². The predicted molar refractivity (Wildman–Crippen MR) is 96.3 cm³/mol. The molecule has 0 spiro atoms. The van der Waals surface area contributed by atoms with Crippen molar-refractivity contribution in [3.05, 3.63) is 29.8 Å². The van der Waals surface area contributed by atoms with Crippen LogP contribution in [0.25, 0.3) is 0 Å². The zero-order valence-corrected chi connectivity index (χ0v) is 15.4. The third-order valence-electron chi connectivity index (χ3n) is 3.05. The van der Waals surface area contributed by atoms with Crippen molar-refractivity contribution in [1.29, 1.82) is 5.26 Å². The number of hydrogen-bond donors (Lipinski definition) is 1. The van der Waals surface area contributed by atoms with Gasteiger partial charge in [0.25, 0.3) is 0 Å². The molecule has 1 atom stereocenters.